The number of ether oxygens (including phenoxy) is 1. The Morgan fingerprint density at radius 3 is 2.61 bits per heavy atom. The summed E-state index contributed by atoms with van der Waals surface area (Å²) >= 11 is 1.35. The number of amides is 1. The second kappa shape index (κ2) is 6.30. The Kier molecular flexibility index (Phi) is 4.21. The van der Waals surface area contributed by atoms with Gasteiger partial charge in [0.15, 0.2) is 11.5 Å². The van der Waals surface area contributed by atoms with Crippen LogP contribution < -0.4 is 4.74 Å². The van der Waals surface area contributed by atoms with Crippen LogP contribution in [0.4, 0.5) is 0 Å². The quantitative estimate of drug-likeness (QED) is 0.873. The van der Waals surface area contributed by atoms with Crippen LogP contribution in [-0.4, -0.2) is 23.2 Å². The number of thioether (sulfide) groups is 1. The summed E-state index contributed by atoms with van der Waals surface area (Å²) in [4.78, 5) is 16.8. The Balaban J connectivity index is 1.86. The largest absolute Gasteiger partial charge is 0.504 e. The summed E-state index contributed by atoms with van der Waals surface area (Å²) in [6, 6.07) is 12.9. The lowest BCUT2D eigenvalue weighted by atomic mass is 10.2. The number of hydrogen-bond acceptors (Lipinski definition) is 4. The van der Waals surface area contributed by atoms with Crippen LogP contribution >= 0.6 is 11.8 Å². The Labute approximate surface area is 138 Å². The molecule has 4 nitrogen and oxygen atoms in total. The van der Waals surface area contributed by atoms with Crippen molar-refractivity contribution >= 4 is 28.8 Å². The number of nitrogens with zero attached hydrogens (tertiary/aromatic N) is 1. The molecular weight excluding hydrogens is 310 g/mol. The number of carbonyl (C=O) groups is 1. The Bertz CT molecular complexity index is 823. The monoisotopic (exact) mass is 325 g/mol. The van der Waals surface area contributed by atoms with E-state index in [1.807, 2.05) is 31.2 Å². The maximum Gasteiger partial charge on any atom is 0.284 e. The predicted octanol–water partition coefficient (Wildman–Crippen LogP) is 3.77. The fourth-order valence-electron chi connectivity index (χ4n) is 2.16. The van der Waals surface area contributed by atoms with Crippen LogP contribution in [0.1, 0.15) is 16.7 Å². The van der Waals surface area contributed by atoms with E-state index < -0.39 is 0 Å². The highest BCUT2D eigenvalue weighted by Gasteiger charge is 2.22. The molecule has 0 atom stereocenters. The average Bonchev–Trinajstić information content (AvgIpc) is 2.91. The van der Waals surface area contributed by atoms with E-state index in [4.69, 9.17) is 4.74 Å². The van der Waals surface area contributed by atoms with Crippen molar-refractivity contribution in [2.24, 2.45) is 4.99 Å². The molecule has 3 rings (SSSR count). The molecule has 116 valence electrons. The van der Waals surface area contributed by atoms with Crippen molar-refractivity contribution in [3.8, 4) is 11.5 Å². The number of methoxy groups -OCH3 is 1. The molecule has 2 aromatic carbocycles. The SMILES string of the molecule is COc1cc(/C=C2/SC(c3ccc(C)cc3)=NC2=O)ccc1O. The van der Waals surface area contributed by atoms with Gasteiger partial charge >= 0.3 is 0 Å². The molecule has 0 radical (unpaired) electrons. The first-order valence-corrected chi connectivity index (χ1v) is 7.85. The maximum atomic E-state index is 12.1. The van der Waals surface area contributed by atoms with Crippen molar-refractivity contribution < 1.29 is 14.6 Å². The summed E-state index contributed by atoms with van der Waals surface area (Å²) in [6.45, 7) is 2.02. The van der Waals surface area contributed by atoms with Crippen molar-refractivity contribution in [2.45, 2.75) is 6.92 Å². The second-order valence-electron chi connectivity index (χ2n) is 5.13. The Morgan fingerprint density at radius 2 is 1.91 bits per heavy atom. The molecule has 0 fully saturated rings. The van der Waals surface area contributed by atoms with Gasteiger partial charge in [-0.05, 0) is 30.7 Å². The second-order valence-corrected chi connectivity index (χ2v) is 6.16. The first-order chi connectivity index (χ1) is 11.1. The van der Waals surface area contributed by atoms with Gasteiger partial charge in [-0.25, -0.2) is 4.99 Å². The smallest absolute Gasteiger partial charge is 0.284 e. The standard InChI is InChI=1S/C18H15NO3S/c1-11-3-6-13(7-4-11)18-19-17(21)16(23-18)10-12-5-8-14(20)15(9-12)22-2/h3-10,20H,1-2H3/b16-10+. The van der Waals surface area contributed by atoms with E-state index in [1.54, 1.807) is 18.2 Å². The molecule has 0 saturated carbocycles. The molecule has 0 bridgehead atoms. The highest BCUT2D eigenvalue weighted by atomic mass is 32.2. The molecule has 2 aromatic rings. The number of carbonyl (C=O) groups excluding carboxylic acids is 1. The lowest BCUT2D eigenvalue weighted by molar-refractivity contribution is -0.113. The van der Waals surface area contributed by atoms with Crippen LogP contribution in [0.3, 0.4) is 0 Å². The Morgan fingerprint density at radius 1 is 1.17 bits per heavy atom. The van der Waals surface area contributed by atoms with Gasteiger partial charge in [-0.2, -0.15) is 0 Å². The average molecular weight is 325 g/mol. The van der Waals surface area contributed by atoms with E-state index in [0.29, 0.717) is 15.7 Å². The molecule has 1 aliphatic rings. The third kappa shape index (κ3) is 3.29. The fourth-order valence-corrected chi connectivity index (χ4v) is 3.08. The van der Waals surface area contributed by atoms with Crippen LogP contribution in [-0.2, 0) is 4.79 Å². The van der Waals surface area contributed by atoms with Gasteiger partial charge in [0, 0.05) is 5.56 Å². The zero-order chi connectivity index (χ0) is 16.4. The van der Waals surface area contributed by atoms with Crippen molar-refractivity contribution in [1.82, 2.24) is 0 Å². The minimum Gasteiger partial charge on any atom is -0.504 e. The molecule has 1 amide bonds. The number of rotatable bonds is 3. The molecule has 0 aliphatic carbocycles. The molecule has 0 spiro atoms. The number of aromatic hydroxyl groups is 1. The topological polar surface area (TPSA) is 58.9 Å². The lowest BCUT2D eigenvalue weighted by Gasteiger charge is -2.04. The van der Waals surface area contributed by atoms with Crippen molar-refractivity contribution in [3.63, 3.8) is 0 Å². The maximum absolute atomic E-state index is 12.1. The van der Waals surface area contributed by atoms with Gasteiger partial charge in [-0.1, -0.05) is 47.7 Å². The highest BCUT2D eigenvalue weighted by Crippen LogP contribution is 2.33. The van der Waals surface area contributed by atoms with Crippen LogP contribution in [0.25, 0.3) is 6.08 Å². The van der Waals surface area contributed by atoms with Crippen molar-refractivity contribution in [2.75, 3.05) is 7.11 Å². The van der Waals surface area contributed by atoms with Gasteiger partial charge in [0.25, 0.3) is 5.91 Å². The van der Waals surface area contributed by atoms with E-state index in [2.05, 4.69) is 4.99 Å². The summed E-state index contributed by atoms with van der Waals surface area (Å²) in [5.74, 6) is 0.184. The zero-order valence-corrected chi connectivity index (χ0v) is 13.6. The van der Waals surface area contributed by atoms with E-state index in [-0.39, 0.29) is 11.7 Å². The summed E-state index contributed by atoms with van der Waals surface area (Å²) in [6.07, 6.45) is 1.75. The third-order valence-corrected chi connectivity index (χ3v) is 4.45. The highest BCUT2D eigenvalue weighted by molar-refractivity contribution is 8.19. The molecule has 1 N–H and O–H groups in total. The van der Waals surface area contributed by atoms with E-state index in [0.717, 1.165) is 16.7 Å². The fraction of sp³-hybridized carbons (Fsp3) is 0.111. The molecule has 23 heavy (non-hydrogen) atoms. The first-order valence-electron chi connectivity index (χ1n) is 7.03. The van der Waals surface area contributed by atoms with Gasteiger partial charge in [0.05, 0.1) is 12.0 Å². The van der Waals surface area contributed by atoms with Crippen molar-refractivity contribution in [1.29, 1.82) is 0 Å². The molecule has 1 aliphatic heterocycles. The summed E-state index contributed by atoms with van der Waals surface area (Å²) in [5.41, 5.74) is 2.87. The van der Waals surface area contributed by atoms with Gasteiger partial charge in [0.1, 0.15) is 5.04 Å². The minimum atomic E-state index is -0.252. The van der Waals surface area contributed by atoms with Crippen LogP contribution in [0.5, 0.6) is 11.5 Å². The van der Waals surface area contributed by atoms with Gasteiger partial charge in [0.2, 0.25) is 0 Å². The number of aryl methyl sites for hydroxylation is 1. The van der Waals surface area contributed by atoms with Crippen LogP contribution in [0.15, 0.2) is 52.4 Å². The normalized spacial score (nSPS) is 15.8. The predicted molar refractivity (Wildman–Crippen MR) is 92.9 cm³/mol. The van der Waals surface area contributed by atoms with Crippen molar-refractivity contribution in [3.05, 3.63) is 64.1 Å². The molecule has 5 heteroatoms. The van der Waals surface area contributed by atoms with Crippen LogP contribution in [0, 0.1) is 6.92 Å². The number of phenolic OH excluding ortho intramolecular Hbond substituents is 1. The lowest BCUT2D eigenvalue weighted by Crippen LogP contribution is -1.90. The van der Waals surface area contributed by atoms with E-state index in [1.165, 1.54) is 24.9 Å². The first kappa shape index (κ1) is 15.4. The van der Waals surface area contributed by atoms with Gasteiger partial charge in [-0.3, -0.25) is 4.79 Å². The third-order valence-electron chi connectivity index (χ3n) is 3.42. The summed E-state index contributed by atoms with van der Waals surface area (Å²) < 4.78 is 5.08. The number of hydrogen-bond donors (Lipinski definition) is 1. The summed E-state index contributed by atoms with van der Waals surface area (Å²) in [7, 11) is 1.49. The summed E-state index contributed by atoms with van der Waals surface area (Å²) in [5, 5.41) is 10.3. The molecule has 1 heterocycles. The number of benzene rings is 2. The molecule has 0 saturated heterocycles. The van der Waals surface area contributed by atoms with E-state index in [9.17, 15) is 9.90 Å². The Hall–Kier alpha value is -2.53. The van der Waals surface area contributed by atoms with Crippen LogP contribution in [0.2, 0.25) is 0 Å². The molecule has 0 aromatic heterocycles. The number of aliphatic imine (C=N–C) groups is 1. The van der Waals surface area contributed by atoms with Gasteiger partial charge < -0.3 is 9.84 Å². The molecular formula is C18H15NO3S. The van der Waals surface area contributed by atoms with Gasteiger partial charge in [-0.15, -0.1) is 0 Å². The molecule has 0 unspecified atom stereocenters. The minimum absolute atomic E-state index is 0.0663. The zero-order valence-electron chi connectivity index (χ0n) is 12.7. The number of phenols is 1. The van der Waals surface area contributed by atoms with E-state index >= 15 is 0 Å².